The normalized spacial score (nSPS) is 11.1. The number of aromatic nitrogens is 4. The van der Waals surface area contributed by atoms with Crippen LogP contribution in [-0.2, 0) is 11.3 Å². The highest BCUT2D eigenvalue weighted by Gasteiger charge is 2.20. The lowest BCUT2D eigenvalue weighted by Gasteiger charge is -2.07. The van der Waals surface area contributed by atoms with Crippen LogP contribution in [-0.4, -0.2) is 45.3 Å². The number of benzene rings is 2. The standard InChI is InChI=1S/C24H22BrCl2N5O2/c1-34-9-3-7-28-24-29-8-6-19(30-24)22-21(15-4-2-5-16(25)12-15)31-23(32-22)20-17(26)10-14(13-33)11-18(20)27/h2,4-6,8,10-12,33H,3,7,9,13H2,1H3,(H,31,32)(H,28,29,30). The third-order valence-corrected chi connectivity index (χ3v) is 6.13. The predicted octanol–water partition coefficient (Wildman–Crippen LogP) is 6.21. The van der Waals surface area contributed by atoms with Crippen LogP contribution in [0.25, 0.3) is 34.0 Å². The van der Waals surface area contributed by atoms with Gasteiger partial charge in [-0.2, -0.15) is 0 Å². The van der Waals surface area contributed by atoms with Crippen LogP contribution in [0.3, 0.4) is 0 Å². The van der Waals surface area contributed by atoms with E-state index in [4.69, 9.17) is 32.9 Å². The first-order chi connectivity index (χ1) is 16.5. The van der Waals surface area contributed by atoms with E-state index in [1.165, 1.54) is 0 Å². The van der Waals surface area contributed by atoms with E-state index >= 15 is 0 Å². The molecule has 0 radical (unpaired) electrons. The van der Waals surface area contributed by atoms with Crippen LogP contribution in [0.2, 0.25) is 10.0 Å². The number of rotatable bonds is 9. The Bertz CT molecular complexity index is 1280. The molecule has 7 nitrogen and oxygen atoms in total. The Labute approximate surface area is 215 Å². The number of imidazole rings is 1. The van der Waals surface area contributed by atoms with Gasteiger partial charge in [0.05, 0.1) is 39.3 Å². The van der Waals surface area contributed by atoms with Crippen molar-refractivity contribution >= 4 is 45.1 Å². The molecule has 0 unspecified atom stereocenters. The molecule has 0 atom stereocenters. The topological polar surface area (TPSA) is 96.0 Å². The fraction of sp³-hybridized carbons (Fsp3) is 0.208. The van der Waals surface area contributed by atoms with Gasteiger partial charge < -0.3 is 20.1 Å². The minimum absolute atomic E-state index is 0.159. The molecule has 4 aromatic rings. The maximum Gasteiger partial charge on any atom is 0.223 e. The summed E-state index contributed by atoms with van der Waals surface area (Å²) in [5, 5.41) is 13.5. The van der Waals surface area contributed by atoms with E-state index in [1.807, 2.05) is 30.3 Å². The van der Waals surface area contributed by atoms with E-state index in [0.717, 1.165) is 16.5 Å². The molecule has 4 rings (SSSR count). The number of aliphatic hydroxyl groups is 1. The predicted molar refractivity (Wildman–Crippen MR) is 139 cm³/mol. The van der Waals surface area contributed by atoms with Crippen LogP contribution in [0.4, 0.5) is 5.95 Å². The molecule has 0 saturated carbocycles. The number of aliphatic hydroxyl groups excluding tert-OH is 1. The average molecular weight is 563 g/mol. The molecule has 176 valence electrons. The molecular formula is C24H22BrCl2N5O2. The third-order valence-electron chi connectivity index (χ3n) is 5.04. The fourth-order valence-electron chi connectivity index (χ4n) is 3.46. The molecule has 10 heteroatoms. The number of methoxy groups -OCH3 is 1. The van der Waals surface area contributed by atoms with Gasteiger partial charge in [0.2, 0.25) is 5.95 Å². The van der Waals surface area contributed by atoms with E-state index in [2.05, 4.69) is 36.2 Å². The molecule has 2 aromatic heterocycles. The van der Waals surface area contributed by atoms with Gasteiger partial charge in [0.15, 0.2) is 0 Å². The summed E-state index contributed by atoms with van der Waals surface area (Å²) in [5.74, 6) is 1.01. The molecule has 0 saturated heterocycles. The van der Waals surface area contributed by atoms with Crippen molar-refractivity contribution in [1.82, 2.24) is 19.9 Å². The Morgan fingerprint density at radius 1 is 1.12 bits per heavy atom. The fourth-order valence-corrected chi connectivity index (χ4v) is 4.58. The Kier molecular flexibility index (Phi) is 8.18. The maximum absolute atomic E-state index is 9.46. The highest BCUT2D eigenvalue weighted by atomic mass is 79.9. The first-order valence-corrected chi connectivity index (χ1v) is 12.1. The molecule has 2 heterocycles. The lowest BCUT2D eigenvalue weighted by molar-refractivity contribution is 0.197. The number of H-pyrrole nitrogens is 1. The van der Waals surface area contributed by atoms with Gasteiger partial charge in [-0.1, -0.05) is 51.3 Å². The molecule has 2 aromatic carbocycles. The van der Waals surface area contributed by atoms with Crippen molar-refractivity contribution in [2.24, 2.45) is 0 Å². The van der Waals surface area contributed by atoms with Crippen molar-refractivity contribution in [2.75, 3.05) is 25.6 Å². The number of hydrogen-bond acceptors (Lipinski definition) is 6. The van der Waals surface area contributed by atoms with Gasteiger partial charge >= 0.3 is 0 Å². The zero-order chi connectivity index (χ0) is 24.1. The molecule has 0 aliphatic carbocycles. The van der Waals surface area contributed by atoms with E-state index in [1.54, 1.807) is 25.4 Å². The summed E-state index contributed by atoms with van der Waals surface area (Å²) in [6.07, 6.45) is 2.53. The zero-order valence-electron chi connectivity index (χ0n) is 18.3. The van der Waals surface area contributed by atoms with Gasteiger partial charge in [-0.25, -0.2) is 15.0 Å². The van der Waals surface area contributed by atoms with Gasteiger partial charge in [0.1, 0.15) is 5.82 Å². The summed E-state index contributed by atoms with van der Waals surface area (Å²) in [5.41, 5.74) is 4.12. The molecular weight excluding hydrogens is 541 g/mol. The molecule has 34 heavy (non-hydrogen) atoms. The third kappa shape index (κ3) is 5.59. The van der Waals surface area contributed by atoms with Crippen molar-refractivity contribution in [3.63, 3.8) is 0 Å². The molecule has 0 spiro atoms. The SMILES string of the molecule is COCCCNc1nccc(-c2[nH]c(-c3c(Cl)cc(CO)cc3Cl)nc2-c2cccc(Br)c2)n1. The van der Waals surface area contributed by atoms with Crippen molar-refractivity contribution in [2.45, 2.75) is 13.0 Å². The minimum atomic E-state index is -0.159. The second-order valence-electron chi connectivity index (χ2n) is 7.45. The minimum Gasteiger partial charge on any atom is -0.392 e. The van der Waals surface area contributed by atoms with Crippen molar-refractivity contribution in [1.29, 1.82) is 0 Å². The number of nitrogens with zero attached hydrogens (tertiary/aromatic N) is 3. The van der Waals surface area contributed by atoms with E-state index in [-0.39, 0.29) is 6.61 Å². The lowest BCUT2D eigenvalue weighted by atomic mass is 10.1. The summed E-state index contributed by atoms with van der Waals surface area (Å²) < 4.78 is 6.02. The largest absolute Gasteiger partial charge is 0.392 e. The summed E-state index contributed by atoms with van der Waals surface area (Å²) in [7, 11) is 1.67. The monoisotopic (exact) mass is 561 g/mol. The first kappa shape index (κ1) is 24.6. The maximum atomic E-state index is 9.46. The summed E-state index contributed by atoms with van der Waals surface area (Å²) >= 11 is 16.6. The number of anilines is 1. The Hall–Kier alpha value is -2.49. The van der Waals surface area contributed by atoms with Gasteiger partial charge in [0.25, 0.3) is 0 Å². The molecule has 0 aliphatic rings. The van der Waals surface area contributed by atoms with Gasteiger partial charge in [-0.05, 0) is 42.3 Å². The van der Waals surface area contributed by atoms with Crippen LogP contribution in [0.15, 0.2) is 53.1 Å². The average Bonchev–Trinajstić information content (AvgIpc) is 3.26. The number of halogens is 3. The molecule has 0 bridgehead atoms. The van der Waals surface area contributed by atoms with Crippen LogP contribution >= 0.6 is 39.1 Å². The highest BCUT2D eigenvalue weighted by molar-refractivity contribution is 9.10. The van der Waals surface area contributed by atoms with Crippen LogP contribution in [0.5, 0.6) is 0 Å². The van der Waals surface area contributed by atoms with Gasteiger partial charge in [-0.15, -0.1) is 0 Å². The molecule has 0 amide bonds. The number of ether oxygens (including phenoxy) is 1. The Morgan fingerprint density at radius 2 is 1.91 bits per heavy atom. The Balaban J connectivity index is 1.81. The second-order valence-corrected chi connectivity index (χ2v) is 9.18. The zero-order valence-corrected chi connectivity index (χ0v) is 21.4. The summed E-state index contributed by atoms with van der Waals surface area (Å²) in [4.78, 5) is 17.2. The van der Waals surface area contributed by atoms with E-state index in [9.17, 15) is 5.11 Å². The Morgan fingerprint density at radius 3 is 2.62 bits per heavy atom. The molecule has 0 aliphatic heterocycles. The van der Waals surface area contributed by atoms with E-state index < -0.39 is 0 Å². The molecule has 0 fully saturated rings. The summed E-state index contributed by atoms with van der Waals surface area (Å²) in [6.45, 7) is 1.18. The van der Waals surface area contributed by atoms with Gasteiger partial charge in [0, 0.05) is 36.5 Å². The number of nitrogens with one attached hydrogen (secondary N) is 2. The summed E-state index contributed by atoms with van der Waals surface area (Å²) in [6, 6.07) is 13.0. The smallest absolute Gasteiger partial charge is 0.223 e. The van der Waals surface area contributed by atoms with Crippen LogP contribution < -0.4 is 5.32 Å². The van der Waals surface area contributed by atoms with Crippen LogP contribution in [0.1, 0.15) is 12.0 Å². The molecule has 3 N–H and O–H groups in total. The first-order valence-electron chi connectivity index (χ1n) is 10.5. The van der Waals surface area contributed by atoms with Gasteiger partial charge in [-0.3, -0.25) is 0 Å². The van der Waals surface area contributed by atoms with Crippen molar-refractivity contribution in [3.8, 4) is 34.0 Å². The van der Waals surface area contributed by atoms with Crippen molar-refractivity contribution in [3.05, 3.63) is 68.7 Å². The quantitative estimate of drug-likeness (QED) is 0.210. The number of aromatic amines is 1. The lowest BCUT2D eigenvalue weighted by Crippen LogP contribution is -2.07. The van der Waals surface area contributed by atoms with Crippen molar-refractivity contribution < 1.29 is 9.84 Å². The van der Waals surface area contributed by atoms with E-state index in [0.29, 0.717) is 63.2 Å². The number of hydrogen-bond donors (Lipinski definition) is 3. The second kappa shape index (κ2) is 11.3. The highest BCUT2D eigenvalue weighted by Crippen LogP contribution is 2.39. The van der Waals surface area contributed by atoms with Crippen LogP contribution in [0, 0.1) is 0 Å².